The lowest BCUT2D eigenvalue weighted by atomic mass is 10.2. The van der Waals surface area contributed by atoms with E-state index in [2.05, 4.69) is 6.58 Å². The maximum Gasteiger partial charge on any atom is 0.161 e. The van der Waals surface area contributed by atoms with Gasteiger partial charge in [0.2, 0.25) is 0 Å². The van der Waals surface area contributed by atoms with Crippen LogP contribution in [0, 0.1) is 0 Å². The van der Waals surface area contributed by atoms with Crippen molar-refractivity contribution in [2.45, 2.75) is 6.92 Å². The van der Waals surface area contributed by atoms with Gasteiger partial charge in [0.15, 0.2) is 5.78 Å². The molecule has 12 heavy (non-hydrogen) atoms. The maximum atomic E-state index is 11.0. The Morgan fingerprint density at radius 1 is 1.42 bits per heavy atom. The van der Waals surface area contributed by atoms with Crippen LogP contribution in [0.3, 0.4) is 0 Å². The number of Topliss-reactive ketones (excluding diaryl/α,β-unsaturated/α-hetero) is 1. The summed E-state index contributed by atoms with van der Waals surface area (Å²) in [6.07, 6.45) is 6.92. The Morgan fingerprint density at radius 3 is 2.33 bits per heavy atom. The van der Waals surface area contributed by atoms with E-state index in [0.717, 1.165) is 0 Å². The van der Waals surface area contributed by atoms with Crippen molar-refractivity contribution in [3.63, 3.8) is 0 Å². The summed E-state index contributed by atoms with van der Waals surface area (Å²) in [5, 5.41) is 0. The molecule has 0 fully saturated rings. The van der Waals surface area contributed by atoms with Gasteiger partial charge in [0.05, 0.1) is 0 Å². The Kier molecular flexibility index (Phi) is 4.77. The second-order valence-electron chi connectivity index (χ2n) is 2.70. The number of ketones is 1. The molecule has 0 spiro atoms. The first kappa shape index (κ1) is 10.7. The van der Waals surface area contributed by atoms with Crippen LogP contribution in [0.5, 0.6) is 0 Å². The highest BCUT2D eigenvalue weighted by Crippen LogP contribution is 1.99. The van der Waals surface area contributed by atoms with Crippen molar-refractivity contribution < 1.29 is 4.79 Å². The van der Waals surface area contributed by atoms with E-state index in [1.165, 1.54) is 0 Å². The molecule has 0 aromatic rings. The summed E-state index contributed by atoms with van der Waals surface area (Å²) < 4.78 is 0. The van der Waals surface area contributed by atoms with Crippen LogP contribution in [0.25, 0.3) is 0 Å². The van der Waals surface area contributed by atoms with E-state index >= 15 is 0 Å². The summed E-state index contributed by atoms with van der Waals surface area (Å²) in [4.78, 5) is 12.8. The van der Waals surface area contributed by atoms with Crippen molar-refractivity contribution in [3.05, 3.63) is 36.6 Å². The minimum Gasteiger partial charge on any atom is -0.383 e. The van der Waals surface area contributed by atoms with Crippen molar-refractivity contribution in [1.29, 1.82) is 0 Å². The molecule has 0 aromatic heterocycles. The Balaban J connectivity index is 4.54. The minimum atomic E-state index is 0.0572. The van der Waals surface area contributed by atoms with Gasteiger partial charge in [-0.2, -0.15) is 0 Å². The summed E-state index contributed by atoms with van der Waals surface area (Å²) in [5.74, 6) is 0.0572. The van der Waals surface area contributed by atoms with Crippen LogP contribution >= 0.6 is 0 Å². The zero-order valence-corrected chi connectivity index (χ0v) is 7.87. The Labute approximate surface area is 73.9 Å². The van der Waals surface area contributed by atoms with Crippen LogP contribution in [-0.2, 0) is 4.79 Å². The molecule has 0 amide bonds. The molecule has 0 heterocycles. The standard InChI is InChI=1S/C10H15NO/c1-5-6-7-10(9(2)12)8-11(3)4/h5-8H,1H2,2-4H3/b7-6+,10-8+. The molecule has 0 aliphatic heterocycles. The first-order valence-corrected chi connectivity index (χ1v) is 3.76. The van der Waals surface area contributed by atoms with Crippen LogP contribution < -0.4 is 0 Å². The number of carbonyl (C=O) groups is 1. The van der Waals surface area contributed by atoms with Crippen LogP contribution in [0.15, 0.2) is 36.6 Å². The van der Waals surface area contributed by atoms with Crippen molar-refractivity contribution in [2.75, 3.05) is 14.1 Å². The molecule has 0 radical (unpaired) electrons. The predicted molar refractivity (Wildman–Crippen MR) is 51.8 cm³/mol. The minimum absolute atomic E-state index is 0.0572. The summed E-state index contributed by atoms with van der Waals surface area (Å²) in [6.45, 7) is 5.08. The molecule has 0 atom stereocenters. The lowest BCUT2D eigenvalue weighted by Crippen LogP contribution is -2.05. The van der Waals surface area contributed by atoms with E-state index in [9.17, 15) is 4.79 Å². The van der Waals surface area contributed by atoms with Crippen LogP contribution in [0.1, 0.15) is 6.92 Å². The van der Waals surface area contributed by atoms with Crippen molar-refractivity contribution in [1.82, 2.24) is 4.90 Å². The van der Waals surface area contributed by atoms with Gasteiger partial charge in [-0.15, -0.1) is 0 Å². The third kappa shape index (κ3) is 4.50. The van der Waals surface area contributed by atoms with E-state index in [1.807, 2.05) is 19.0 Å². The summed E-state index contributed by atoms with van der Waals surface area (Å²) >= 11 is 0. The van der Waals surface area contributed by atoms with Gasteiger partial charge in [0.1, 0.15) is 0 Å². The Bertz CT molecular complexity index is 224. The van der Waals surface area contributed by atoms with Crippen LogP contribution in [0.2, 0.25) is 0 Å². The molecule has 2 heteroatoms. The first-order valence-electron chi connectivity index (χ1n) is 3.76. The fourth-order valence-electron chi connectivity index (χ4n) is 0.701. The van der Waals surface area contributed by atoms with Crippen LogP contribution in [-0.4, -0.2) is 24.8 Å². The van der Waals surface area contributed by atoms with E-state index in [0.29, 0.717) is 5.57 Å². The molecule has 2 nitrogen and oxygen atoms in total. The van der Waals surface area contributed by atoms with E-state index < -0.39 is 0 Å². The zero-order valence-electron chi connectivity index (χ0n) is 7.87. The number of hydrogen-bond acceptors (Lipinski definition) is 2. The van der Waals surface area contributed by atoms with Gasteiger partial charge in [-0.05, 0) is 13.0 Å². The normalized spacial score (nSPS) is 11.8. The molecular weight excluding hydrogens is 150 g/mol. The topological polar surface area (TPSA) is 20.3 Å². The van der Waals surface area contributed by atoms with Gasteiger partial charge in [-0.3, -0.25) is 4.79 Å². The Hall–Kier alpha value is -1.31. The molecule has 0 unspecified atom stereocenters. The average Bonchev–Trinajstić information content (AvgIpc) is 1.96. The third-order valence-electron chi connectivity index (χ3n) is 1.22. The molecule has 66 valence electrons. The van der Waals surface area contributed by atoms with E-state index in [1.54, 1.807) is 31.4 Å². The first-order chi connectivity index (χ1) is 5.57. The van der Waals surface area contributed by atoms with Gasteiger partial charge in [-0.25, -0.2) is 0 Å². The second kappa shape index (κ2) is 5.35. The van der Waals surface area contributed by atoms with Gasteiger partial charge >= 0.3 is 0 Å². The number of hydrogen-bond donors (Lipinski definition) is 0. The lowest BCUT2D eigenvalue weighted by Gasteiger charge is -2.05. The monoisotopic (exact) mass is 165 g/mol. The van der Waals surface area contributed by atoms with Gasteiger partial charge < -0.3 is 4.90 Å². The predicted octanol–water partition coefficient (Wildman–Crippen LogP) is 1.76. The number of allylic oxidation sites excluding steroid dienone is 4. The fraction of sp³-hybridized carbons (Fsp3) is 0.300. The van der Waals surface area contributed by atoms with Crippen LogP contribution in [0.4, 0.5) is 0 Å². The van der Waals surface area contributed by atoms with Crippen molar-refractivity contribution in [3.8, 4) is 0 Å². The van der Waals surface area contributed by atoms with Crippen molar-refractivity contribution >= 4 is 5.78 Å². The molecule has 0 saturated carbocycles. The maximum absolute atomic E-state index is 11.0. The highest BCUT2D eigenvalue weighted by molar-refractivity contribution is 5.95. The number of carbonyl (C=O) groups excluding carboxylic acids is 1. The summed E-state index contributed by atoms with van der Waals surface area (Å²) in [7, 11) is 3.76. The average molecular weight is 165 g/mol. The molecule has 0 saturated heterocycles. The molecule has 0 aliphatic rings. The quantitative estimate of drug-likeness (QED) is 0.467. The van der Waals surface area contributed by atoms with Crippen molar-refractivity contribution in [2.24, 2.45) is 0 Å². The summed E-state index contributed by atoms with van der Waals surface area (Å²) in [6, 6.07) is 0. The lowest BCUT2D eigenvalue weighted by molar-refractivity contribution is -0.113. The number of nitrogens with zero attached hydrogens (tertiary/aromatic N) is 1. The highest BCUT2D eigenvalue weighted by atomic mass is 16.1. The van der Waals surface area contributed by atoms with E-state index in [-0.39, 0.29) is 5.78 Å². The molecule has 0 aromatic carbocycles. The van der Waals surface area contributed by atoms with Gasteiger partial charge in [-0.1, -0.05) is 18.7 Å². The third-order valence-corrected chi connectivity index (χ3v) is 1.22. The van der Waals surface area contributed by atoms with Gasteiger partial charge in [0, 0.05) is 25.9 Å². The second-order valence-corrected chi connectivity index (χ2v) is 2.70. The van der Waals surface area contributed by atoms with E-state index in [4.69, 9.17) is 0 Å². The summed E-state index contributed by atoms with van der Waals surface area (Å²) in [5.41, 5.74) is 0.680. The SMILES string of the molecule is C=C/C=C/C(=C\N(C)C)C(C)=O. The molecule has 0 aliphatic carbocycles. The highest BCUT2D eigenvalue weighted by Gasteiger charge is 1.97. The number of rotatable bonds is 4. The zero-order chi connectivity index (χ0) is 9.56. The fourth-order valence-corrected chi connectivity index (χ4v) is 0.701. The van der Waals surface area contributed by atoms with Gasteiger partial charge in [0.25, 0.3) is 0 Å². The molecular formula is C10H15NO. The molecule has 0 rings (SSSR count). The molecule has 0 bridgehead atoms. The molecule has 0 N–H and O–H groups in total. The smallest absolute Gasteiger partial charge is 0.161 e. The Morgan fingerprint density at radius 2 is 2.00 bits per heavy atom. The largest absolute Gasteiger partial charge is 0.383 e.